The number of nitrogens with zero attached hydrogens (tertiary/aromatic N) is 2. The lowest BCUT2D eigenvalue weighted by atomic mass is 10.2. The Morgan fingerprint density at radius 3 is 1.58 bits per heavy atom. The maximum Gasteiger partial charge on any atom is 0.335 e. The monoisotopic (exact) mass is 420 g/mol. The van der Waals surface area contributed by atoms with Gasteiger partial charge in [0.2, 0.25) is 0 Å². The van der Waals surface area contributed by atoms with Crippen LogP contribution in [0.25, 0.3) is 20.4 Å². The van der Waals surface area contributed by atoms with Crippen LogP contribution in [0.4, 0.5) is 0 Å². The normalized spacial score (nSPS) is 11.2. The van der Waals surface area contributed by atoms with Crippen LogP contribution in [0, 0.1) is 0 Å². The van der Waals surface area contributed by atoms with Crippen LogP contribution in [-0.2, 0) is 0 Å². The molecule has 2 aromatic heterocycles. The van der Waals surface area contributed by atoms with Crippen LogP contribution in [-0.4, -0.2) is 32.1 Å². The predicted octanol–water partition coefficient (Wildman–Crippen LogP) is 5.10. The van der Waals surface area contributed by atoms with Crippen molar-refractivity contribution in [2.75, 3.05) is 0 Å². The lowest BCUT2D eigenvalue weighted by molar-refractivity contribution is 0.0686. The summed E-state index contributed by atoms with van der Waals surface area (Å²) in [4.78, 5) is 31.0. The molecule has 0 atom stereocenters. The molecule has 4 rings (SSSR count). The Morgan fingerprint density at radius 2 is 1.19 bits per heavy atom. The van der Waals surface area contributed by atoms with Crippen molar-refractivity contribution in [2.45, 2.75) is 8.68 Å². The van der Waals surface area contributed by atoms with E-state index in [1.54, 1.807) is 36.4 Å². The maximum atomic E-state index is 11.0. The lowest BCUT2D eigenvalue weighted by Crippen LogP contribution is -1.94. The highest BCUT2D eigenvalue weighted by molar-refractivity contribution is 8.77. The van der Waals surface area contributed by atoms with Gasteiger partial charge in [-0.25, -0.2) is 19.6 Å². The van der Waals surface area contributed by atoms with Crippen molar-refractivity contribution in [3.8, 4) is 0 Å². The van der Waals surface area contributed by atoms with Crippen molar-refractivity contribution < 1.29 is 19.8 Å². The van der Waals surface area contributed by atoms with Gasteiger partial charge >= 0.3 is 11.9 Å². The molecule has 0 fully saturated rings. The third-order valence-corrected chi connectivity index (χ3v) is 8.46. The highest BCUT2D eigenvalue weighted by atomic mass is 33.1. The summed E-state index contributed by atoms with van der Waals surface area (Å²) in [5, 5.41) is 18.1. The number of aromatic nitrogens is 2. The molecule has 2 heterocycles. The predicted molar refractivity (Wildman–Crippen MR) is 105 cm³/mol. The average molecular weight is 421 g/mol. The SMILES string of the molecule is O=C(O)c1ccc2sc(SSc3nc4cc(C(=O)O)ccc4s3)nc2c1. The Kier molecular flexibility index (Phi) is 4.57. The molecule has 0 spiro atoms. The summed E-state index contributed by atoms with van der Waals surface area (Å²) in [7, 11) is 2.89. The summed E-state index contributed by atoms with van der Waals surface area (Å²) in [6, 6.07) is 9.78. The molecule has 0 unspecified atom stereocenters. The molecule has 130 valence electrons. The molecule has 4 aromatic rings. The molecular formula is C16H8N2O4S4. The Hall–Kier alpha value is -2.14. The van der Waals surface area contributed by atoms with E-state index in [2.05, 4.69) is 9.97 Å². The fraction of sp³-hybridized carbons (Fsp3) is 0. The second-order valence-corrected chi connectivity index (χ2v) is 9.79. The van der Waals surface area contributed by atoms with Crippen molar-refractivity contribution in [2.24, 2.45) is 0 Å². The van der Waals surface area contributed by atoms with Gasteiger partial charge in [0.1, 0.15) is 0 Å². The minimum Gasteiger partial charge on any atom is -0.478 e. The number of aromatic carboxylic acids is 2. The maximum absolute atomic E-state index is 11.0. The summed E-state index contributed by atoms with van der Waals surface area (Å²) >= 11 is 2.97. The Balaban J connectivity index is 1.54. The van der Waals surface area contributed by atoms with Gasteiger partial charge in [-0.05, 0) is 58.0 Å². The van der Waals surface area contributed by atoms with E-state index in [0.29, 0.717) is 11.0 Å². The number of hydrogen-bond donors (Lipinski definition) is 2. The third-order valence-electron chi connectivity index (χ3n) is 3.41. The van der Waals surface area contributed by atoms with Crippen molar-refractivity contribution >= 4 is 76.6 Å². The summed E-state index contributed by atoms with van der Waals surface area (Å²) in [6.07, 6.45) is 0. The molecule has 2 N–H and O–H groups in total. The zero-order chi connectivity index (χ0) is 18.3. The van der Waals surface area contributed by atoms with E-state index in [-0.39, 0.29) is 11.1 Å². The average Bonchev–Trinajstić information content (AvgIpc) is 3.21. The van der Waals surface area contributed by atoms with E-state index in [1.807, 2.05) is 0 Å². The molecular weight excluding hydrogens is 412 g/mol. The fourth-order valence-electron chi connectivity index (χ4n) is 2.22. The van der Waals surface area contributed by atoms with Gasteiger partial charge in [-0.3, -0.25) is 0 Å². The standard InChI is InChI=1S/C16H8N2O4S4/c19-13(20)7-1-3-11-9(5-7)17-15(23-11)25-26-16-18-10-6-8(14(21)22)2-4-12(10)24-16/h1-6H,(H,19,20)(H,21,22). The molecule has 2 aromatic carbocycles. The van der Waals surface area contributed by atoms with Gasteiger partial charge in [0.25, 0.3) is 0 Å². The van der Waals surface area contributed by atoms with Gasteiger partial charge in [0.15, 0.2) is 8.68 Å². The molecule has 6 nitrogen and oxygen atoms in total. The van der Waals surface area contributed by atoms with Gasteiger partial charge in [-0.2, -0.15) is 0 Å². The van der Waals surface area contributed by atoms with Gasteiger partial charge in [0.05, 0.1) is 31.6 Å². The number of carboxylic acids is 2. The van der Waals surface area contributed by atoms with E-state index in [4.69, 9.17) is 10.2 Å². The second-order valence-electron chi connectivity index (χ2n) is 5.10. The van der Waals surface area contributed by atoms with Gasteiger partial charge in [-0.1, -0.05) is 0 Å². The van der Waals surface area contributed by atoms with Crippen molar-refractivity contribution in [1.29, 1.82) is 0 Å². The number of carbonyl (C=O) groups is 2. The fourth-order valence-corrected chi connectivity index (χ4v) is 6.68. The quantitative estimate of drug-likeness (QED) is 0.430. The Bertz CT molecular complexity index is 1080. The molecule has 0 bridgehead atoms. The molecule has 10 heteroatoms. The highest BCUT2D eigenvalue weighted by Crippen LogP contribution is 2.43. The lowest BCUT2D eigenvalue weighted by Gasteiger charge is -1.92. The van der Waals surface area contributed by atoms with Crippen LogP contribution >= 0.6 is 44.3 Å². The van der Waals surface area contributed by atoms with Crippen LogP contribution in [0.1, 0.15) is 20.7 Å². The van der Waals surface area contributed by atoms with E-state index in [1.165, 1.54) is 44.3 Å². The molecule has 0 aliphatic rings. The molecule has 0 saturated heterocycles. The first kappa shape index (κ1) is 17.3. The largest absolute Gasteiger partial charge is 0.478 e. The van der Waals surface area contributed by atoms with Crippen LogP contribution in [0.15, 0.2) is 45.1 Å². The van der Waals surface area contributed by atoms with Gasteiger partial charge in [0, 0.05) is 0 Å². The Morgan fingerprint density at radius 1 is 0.769 bits per heavy atom. The minimum absolute atomic E-state index is 0.215. The zero-order valence-corrected chi connectivity index (χ0v) is 16.0. The summed E-state index contributed by atoms with van der Waals surface area (Å²) < 4.78 is 3.46. The van der Waals surface area contributed by atoms with E-state index < -0.39 is 11.9 Å². The van der Waals surface area contributed by atoms with Gasteiger partial charge in [-0.15, -0.1) is 22.7 Å². The summed E-state index contributed by atoms with van der Waals surface area (Å²) in [5.74, 6) is -1.95. The molecule has 0 aliphatic carbocycles. The van der Waals surface area contributed by atoms with Crippen molar-refractivity contribution in [1.82, 2.24) is 9.97 Å². The molecule has 0 aliphatic heterocycles. The van der Waals surface area contributed by atoms with Crippen LogP contribution in [0.2, 0.25) is 0 Å². The van der Waals surface area contributed by atoms with Crippen LogP contribution in [0.3, 0.4) is 0 Å². The number of carboxylic acid groups (broad SMARTS) is 2. The van der Waals surface area contributed by atoms with Crippen LogP contribution in [0.5, 0.6) is 0 Å². The Labute approximate surface area is 162 Å². The smallest absolute Gasteiger partial charge is 0.335 e. The van der Waals surface area contributed by atoms with Crippen LogP contribution < -0.4 is 0 Å². The zero-order valence-electron chi connectivity index (χ0n) is 12.7. The number of hydrogen-bond acceptors (Lipinski definition) is 8. The first-order chi connectivity index (χ1) is 12.5. The molecule has 26 heavy (non-hydrogen) atoms. The van der Waals surface area contributed by atoms with E-state index in [9.17, 15) is 9.59 Å². The summed E-state index contributed by atoms with van der Waals surface area (Å²) in [5.41, 5.74) is 1.75. The summed E-state index contributed by atoms with van der Waals surface area (Å²) in [6.45, 7) is 0. The van der Waals surface area contributed by atoms with E-state index >= 15 is 0 Å². The third kappa shape index (κ3) is 3.40. The number of fused-ring (bicyclic) bond motifs is 2. The van der Waals surface area contributed by atoms with E-state index in [0.717, 1.165) is 18.1 Å². The van der Waals surface area contributed by atoms with Crippen molar-refractivity contribution in [3.05, 3.63) is 47.5 Å². The highest BCUT2D eigenvalue weighted by Gasteiger charge is 2.12. The number of benzene rings is 2. The first-order valence-electron chi connectivity index (χ1n) is 7.12. The van der Waals surface area contributed by atoms with Gasteiger partial charge < -0.3 is 10.2 Å². The first-order valence-corrected chi connectivity index (χ1v) is 10.9. The minimum atomic E-state index is -0.973. The molecule has 0 amide bonds. The number of rotatable bonds is 5. The topological polar surface area (TPSA) is 100 Å². The molecule has 0 saturated carbocycles. The molecule has 0 radical (unpaired) electrons. The number of thiazole rings is 2. The van der Waals surface area contributed by atoms with Crippen molar-refractivity contribution in [3.63, 3.8) is 0 Å². The second kappa shape index (κ2) is 6.88.